The molecular weight excluding hydrogens is 358 g/mol. The van der Waals surface area contributed by atoms with Crippen LogP contribution < -0.4 is 5.32 Å². The molecule has 1 heterocycles. The van der Waals surface area contributed by atoms with Gasteiger partial charge in [0.15, 0.2) is 5.54 Å². The summed E-state index contributed by atoms with van der Waals surface area (Å²) in [7, 11) is 0. The second-order valence-electron chi connectivity index (χ2n) is 4.94. The maximum absolute atomic E-state index is 12.0. The van der Waals surface area contributed by atoms with Gasteiger partial charge in [-0.3, -0.25) is 4.79 Å². The number of carboxylic acid groups (broad SMARTS) is 1. The van der Waals surface area contributed by atoms with Gasteiger partial charge in [-0.1, -0.05) is 15.9 Å². The third-order valence-corrected chi connectivity index (χ3v) is 4.97. The molecule has 0 radical (unpaired) electrons. The molecule has 1 fully saturated rings. The smallest absolute Gasteiger partial charge is 0.331 e. The Kier molecular flexibility index (Phi) is 5.29. The number of aliphatic carboxylic acids is 1. The van der Waals surface area contributed by atoms with Crippen molar-refractivity contribution < 1.29 is 19.4 Å². The lowest BCUT2D eigenvalue weighted by Gasteiger charge is -2.23. The van der Waals surface area contributed by atoms with Crippen molar-refractivity contribution in [2.75, 3.05) is 19.0 Å². The summed E-state index contributed by atoms with van der Waals surface area (Å²) in [5.74, 6) is -1.16. The Morgan fingerprint density at radius 3 is 2.86 bits per heavy atom. The summed E-state index contributed by atoms with van der Waals surface area (Å²) in [5.41, 5.74) is -0.203. The first kappa shape index (κ1) is 16.3. The Balaban J connectivity index is 1.94. The molecule has 1 saturated heterocycles. The standard InChI is InChI=1S/C14H16BrNO4S/c1-9-6-10(15)2-3-11(9)21-7-12(17)16-14(13(18)19)4-5-20-8-14/h2-3,6H,4-5,7-8H2,1H3,(H,16,17)(H,18,19). The predicted molar refractivity (Wildman–Crippen MR) is 83.5 cm³/mol. The molecule has 2 rings (SSSR count). The highest BCUT2D eigenvalue weighted by Crippen LogP contribution is 2.26. The molecule has 0 bridgehead atoms. The van der Waals surface area contributed by atoms with Crippen molar-refractivity contribution >= 4 is 39.6 Å². The van der Waals surface area contributed by atoms with E-state index in [1.54, 1.807) is 0 Å². The van der Waals surface area contributed by atoms with Gasteiger partial charge in [0, 0.05) is 22.4 Å². The fourth-order valence-electron chi connectivity index (χ4n) is 2.11. The summed E-state index contributed by atoms with van der Waals surface area (Å²) >= 11 is 4.78. The van der Waals surface area contributed by atoms with E-state index in [1.165, 1.54) is 11.8 Å². The van der Waals surface area contributed by atoms with Crippen LogP contribution in [0.25, 0.3) is 0 Å². The fourth-order valence-corrected chi connectivity index (χ4v) is 3.39. The van der Waals surface area contributed by atoms with Gasteiger partial charge in [-0.25, -0.2) is 4.79 Å². The highest BCUT2D eigenvalue weighted by Gasteiger charge is 2.43. The van der Waals surface area contributed by atoms with Gasteiger partial charge in [0.1, 0.15) is 0 Å². The molecular formula is C14H16BrNO4S. The number of thioether (sulfide) groups is 1. The number of halogens is 1. The molecule has 2 N–H and O–H groups in total. The van der Waals surface area contributed by atoms with E-state index in [2.05, 4.69) is 21.2 Å². The molecule has 21 heavy (non-hydrogen) atoms. The summed E-state index contributed by atoms with van der Waals surface area (Å²) in [6.07, 6.45) is 0.302. The topological polar surface area (TPSA) is 75.6 Å². The first-order valence-electron chi connectivity index (χ1n) is 6.44. The number of benzene rings is 1. The zero-order valence-corrected chi connectivity index (χ0v) is 13.9. The van der Waals surface area contributed by atoms with Gasteiger partial charge in [0.2, 0.25) is 5.91 Å². The van der Waals surface area contributed by atoms with Crippen LogP contribution in [-0.2, 0) is 14.3 Å². The van der Waals surface area contributed by atoms with Crippen LogP contribution in [-0.4, -0.2) is 41.5 Å². The monoisotopic (exact) mass is 373 g/mol. The molecule has 5 nitrogen and oxygen atoms in total. The highest BCUT2D eigenvalue weighted by atomic mass is 79.9. The number of hydrogen-bond donors (Lipinski definition) is 2. The highest BCUT2D eigenvalue weighted by molar-refractivity contribution is 9.10. The molecule has 0 spiro atoms. The van der Waals surface area contributed by atoms with E-state index in [4.69, 9.17) is 4.74 Å². The molecule has 1 atom stereocenters. The minimum Gasteiger partial charge on any atom is -0.479 e. The number of carbonyl (C=O) groups excluding carboxylic acids is 1. The molecule has 0 aliphatic carbocycles. The van der Waals surface area contributed by atoms with Crippen molar-refractivity contribution in [3.05, 3.63) is 28.2 Å². The van der Waals surface area contributed by atoms with Gasteiger partial charge in [-0.2, -0.15) is 0 Å². The number of aryl methyl sites for hydroxylation is 1. The van der Waals surface area contributed by atoms with Crippen LogP contribution in [0.15, 0.2) is 27.6 Å². The maximum atomic E-state index is 12.0. The van der Waals surface area contributed by atoms with E-state index in [0.717, 1.165) is 14.9 Å². The van der Waals surface area contributed by atoms with Gasteiger partial charge >= 0.3 is 5.97 Å². The van der Waals surface area contributed by atoms with E-state index < -0.39 is 11.5 Å². The van der Waals surface area contributed by atoms with Crippen LogP contribution >= 0.6 is 27.7 Å². The normalized spacial score (nSPS) is 21.2. The van der Waals surface area contributed by atoms with Gasteiger partial charge in [0.25, 0.3) is 0 Å². The van der Waals surface area contributed by atoms with Crippen LogP contribution in [0.3, 0.4) is 0 Å². The van der Waals surface area contributed by atoms with Crippen LogP contribution in [0.5, 0.6) is 0 Å². The summed E-state index contributed by atoms with van der Waals surface area (Å²) < 4.78 is 6.10. The zero-order chi connectivity index (χ0) is 15.5. The van der Waals surface area contributed by atoms with Gasteiger partial charge in [-0.05, 0) is 30.7 Å². The Morgan fingerprint density at radius 1 is 1.52 bits per heavy atom. The largest absolute Gasteiger partial charge is 0.479 e. The molecule has 7 heteroatoms. The molecule has 1 aliphatic rings. The average Bonchev–Trinajstić information content (AvgIpc) is 2.87. The SMILES string of the molecule is Cc1cc(Br)ccc1SCC(=O)NC1(C(=O)O)CCOC1. The summed E-state index contributed by atoms with van der Waals surface area (Å²) in [5, 5.41) is 11.9. The Morgan fingerprint density at radius 2 is 2.29 bits per heavy atom. The van der Waals surface area contributed by atoms with Gasteiger partial charge in [0.05, 0.1) is 12.4 Å². The lowest BCUT2D eigenvalue weighted by molar-refractivity contribution is -0.147. The van der Waals surface area contributed by atoms with Gasteiger partial charge in [-0.15, -0.1) is 11.8 Å². The lowest BCUT2D eigenvalue weighted by Crippen LogP contribution is -2.55. The molecule has 0 aromatic heterocycles. The molecule has 1 amide bonds. The van der Waals surface area contributed by atoms with Crippen LogP contribution in [0, 0.1) is 6.92 Å². The van der Waals surface area contributed by atoms with Crippen LogP contribution in [0.4, 0.5) is 0 Å². The van der Waals surface area contributed by atoms with Crippen molar-refractivity contribution in [3.8, 4) is 0 Å². The number of rotatable bonds is 5. The molecule has 1 aromatic carbocycles. The summed E-state index contributed by atoms with van der Waals surface area (Å²) in [6, 6.07) is 5.82. The van der Waals surface area contributed by atoms with E-state index in [0.29, 0.717) is 13.0 Å². The quantitative estimate of drug-likeness (QED) is 0.773. The van der Waals surface area contributed by atoms with Crippen molar-refractivity contribution in [2.24, 2.45) is 0 Å². The molecule has 1 aliphatic heterocycles. The third-order valence-electron chi connectivity index (χ3n) is 3.31. The molecule has 114 valence electrons. The van der Waals surface area contributed by atoms with Crippen molar-refractivity contribution in [1.82, 2.24) is 5.32 Å². The number of carboxylic acids is 1. The molecule has 0 saturated carbocycles. The lowest BCUT2D eigenvalue weighted by atomic mass is 9.99. The van der Waals surface area contributed by atoms with Crippen molar-refractivity contribution in [3.63, 3.8) is 0 Å². The van der Waals surface area contributed by atoms with Crippen molar-refractivity contribution in [1.29, 1.82) is 0 Å². The number of ether oxygens (including phenoxy) is 1. The summed E-state index contributed by atoms with van der Waals surface area (Å²) in [6.45, 7) is 2.34. The van der Waals surface area contributed by atoms with Gasteiger partial charge < -0.3 is 15.2 Å². The number of carbonyl (C=O) groups is 2. The second-order valence-corrected chi connectivity index (χ2v) is 6.87. The first-order valence-corrected chi connectivity index (χ1v) is 8.22. The minimum absolute atomic E-state index is 0.0239. The Bertz CT molecular complexity index is 558. The molecule has 1 unspecified atom stereocenters. The molecule has 1 aromatic rings. The van der Waals surface area contributed by atoms with Crippen LogP contribution in [0.1, 0.15) is 12.0 Å². The number of hydrogen-bond acceptors (Lipinski definition) is 4. The predicted octanol–water partition coefficient (Wildman–Crippen LogP) is 2.21. The Labute approximate surface area is 135 Å². The Hall–Kier alpha value is -1.05. The number of amides is 1. The second kappa shape index (κ2) is 6.81. The first-order chi connectivity index (χ1) is 9.93. The third kappa shape index (κ3) is 3.99. The van der Waals surface area contributed by atoms with Crippen LogP contribution in [0.2, 0.25) is 0 Å². The maximum Gasteiger partial charge on any atom is 0.331 e. The zero-order valence-electron chi connectivity index (χ0n) is 11.5. The van der Waals surface area contributed by atoms with E-state index in [-0.39, 0.29) is 18.3 Å². The van der Waals surface area contributed by atoms with Crippen molar-refractivity contribution in [2.45, 2.75) is 23.8 Å². The minimum atomic E-state index is -1.27. The summed E-state index contributed by atoms with van der Waals surface area (Å²) in [4.78, 5) is 24.3. The average molecular weight is 374 g/mol. The van der Waals surface area contributed by atoms with E-state index in [1.807, 2.05) is 25.1 Å². The van der Waals surface area contributed by atoms with E-state index in [9.17, 15) is 14.7 Å². The number of nitrogens with one attached hydrogen (secondary N) is 1. The van der Waals surface area contributed by atoms with E-state index >= 15 is 0 Å². The fraction of sp³-hybridized carbons (Fsp3) is 0.429.